The summed E-state index contributed by atoms with van der Waals surface area (Å²) < 4.78 is 7.61. The summed E-state index contributed by atoms with van der Waals surface area (Å²) in [5, 5.41) is 9.86. The van der Waals surface area contributed by atoms with Crippen LogP contribution in [0.15, 0.2) is 18.2 Å². The highest BCUT2D eigenvalue weighted by Gasteiger charge is 2.14. The zero-order valence-corrected chi connectivity index (χ0v) is 12.2. The first kappa shape index (κ1) is 14.8. The number of nitrogens with zero attached hydrogens (tertiary/aromatic N) is 2. The minimum absolute atomic E-state index is 0.612. The number of ether oxygens (including phenoxy) is 1. The van der Waals surface area contributed by atoms with Crippen LogP contribution in [0.3, 0.4) is 0 Å². The first-order chi connectivity index (χ1) is 9.63. The standard InChI is InChI=1S/C15H23N3O2/c1-3-4-8-20-9-7-18-14-6-5-12(16)10-13(14)17-15(18)11(2)19/h5-6,10-11,19H,3-4,7-9,16H2,1-2H3. The van der Waals surface area contributed by atoms with Crippen molar-refractivity contribution in [3.63, 3.8) is 0 Å². The predicted octanol–water partition coefficient (Wildman–Crippen LogP) is 2.49. The zero-order valence-electron chi connectivity index (χ0n) is 12.2. The maximum atomic E-state index is 9.86. The molecular weight excluding hydrogens is 254 g/mol. The number of fused-ring (bicyclic) bond motifs is 1. The summed E-state index contributed by atoms with van der Waals surface area (Å²) in [5.74, 6) is 0.657. The van der Waals surface area contributed by atoms with E-state index in [1.165, 1.54) is 0 Å². The molecule has 2 aromatic rings. The quantitative estimate of drug-likeness (QED) is 0.602. The maximum absolute atomic E-state index is 9.86. The van der Waals surface area contributed by atoms with Crippen molar-refractivity contribution in [3.8, 4) is 0 Å². The Hall–Kier alpha value is -1.59. The summed E-state index contributed by atoms with van der Waals surface area (Å²) in [5.41, 5.74) is 8.25. The van der Waals surface area contributed by atoms with Crippen LogP contribution in [0.5, 0.6) is 0 Å². The van der Waals surface area contributed by atoms with Gasteiger partial charge in [-0.1, -0.05) is 13.3 Å². The van der Waals surface area contributed by atoms with E-state index in [4.69, 9.17) is 10.5 Å². The molecule has 5 heteroatoms. The molecule has 0 aliphatic carbocycles. The molecule has 1 atom stereocenters. The van der Waals surface area contributed by atoms with Crippen LogP contribution in [0.2, 0.25) is 0 Å². The van der Waals surface area contributed by atoms with Gasteiger partial charge in [-0.25, -0.2) is 4.98 Å². The molecular formula is C15H23N3O2. The lowest BCUT2D eigenvalue weighted by Crippen LogP contribution is -2.11. The SMILES string of the molecule is CCCCOCCn1c(C(C)O)nc2cc(N)ccc21. The van der Waals surface area contributed by atoms with Crippen LogP contribution >= 0.6 is 0 Å². The Morgan fingerprint density at radius 3 is 2.90 bits per heavy atom. The highest BCUT2D eigenvalue weighted by atomic mass is 16.5. The molecule has 0 aliphatic rings. The van der Waals surface area contributed by atoms with Gasteiger partial charge >= 0.3 is 0 Å². The predicted molar refractivity (Wildman–Crippen MR) is 80.5 cm³/mol. The van der Waals surface area contributed by atoms with Crippen molar-refractivity contribution in [2.24, 2.45) is 0 Å². The average Bonchev–Trinajstić information content (AvgIpc) is 2.76. The molecule has 1 unspecified atom stereocenters. The Balaban J connectivity index is 2.18. The van der Waals surface area contributed by atoms with Crippen molar-refractivity contribution in [2.75, 3.05) is 18.9 Å². The van der Waals surface area contributed by atoms with Gasteiger partial charge in [-0.05, 0) is 31.5 Å². The van der Waals surface area contributed by atoms with Gasteiger partial charge in [-0.15, -0.1) is 0 Å². The lowest BCUT2D eigenvalue weighted by molar-refractivity contribution is 0.120. The van der Waals surface area contributed by atoms with Crippen molar-refractivity contribution < 1.29 is 9.84 Å². The number of benzene rings is 1. The van der Waals surface area contributed by atoms with Crippen LogP contribution in [0, 0.1) is 0 Å². The van der Waals surface area contributed by atoms with Gasteiger partial charge in [0.05, 0.1) is 17.6 Å². The minimum atomic E-state index is -0.612. The van der Waals surface area contributed by atoms with Gasteiger partial charge in [0.2, 0.25) is 0 Å². The summed E-state index contributed by atoms with van der Waals surface area (Å²) in [4.78, 5) is 4.47. The van der Waals surface area contributed by atoms with Crippen molar-refractivity contribution in [1.29, 1.82) is 0 Å². The molecule has 3 N–H and O–H groups in total. The molecule has 0 amide bonds. The Bertz CT molecular complexity index is 563. The molecule has 0 fully saturated rings. The first-order valence-corrected chi connectivity index (χ1v) is 7.15. The summed E-state index contributed by atoms with van der Waals surface area (Å²) >= 11 is 0. The molecule has 0 saturated heterocycles. The molecule has 20 heavy (non-hydrogen) atoms. The normalized spacial score (nSPS) is 12.9. The largest absolute Gasteiger partial charge is 0.399 e. The number of hydrogen-bond acceptors (Lipinski definition) is 4. The highest BCUT2D eigenvalue weighted by Crippen LogP contribution is 2.22. The summed E-state index contributed by atoms with van der Waals surface area (Å²) in [6.07, 6.45) is 1.59. The molecule has 2 rings (SSSR count). The van der Waals surface area contributed by atoms with E-state index in [0.29, 0.717) is 24.7 Å². The number of anilines is 1. The van der Waals surface area contributed by atoms with Gasteiger partial charge in [-0.2, -0.15) is 0 Å². The van der Waals surface area contributed by atoms with E-state index in [9.17, 15) is 5.11 Å². The van der Waals surface area contributed by atoms with Crippen molar-refractivity contribution in [1.82, 2.24) is 9.55 Å². The lowest BCUT2D eigenvalue weighted by atomic mass is 10.3. The van der Waals surface area contributed by atoms with E-state index < -0.39 is 6.10 Å². The summed E-state index contributed by atoms with van der Waals surface area (Å²) in [7, 11) is 0. The topological polar surface area (TPSA) is 73.3 Å². The number of aliphatic hydroxyl groups is 1. The van der Waals surface area contributed by atoms with Crippen LogP contribution in [0.25, 0.3) is 11.0 Å². The fourth-order valence-electron chi connectivity index (χ4n) is 2.22. The molecule has 0 spiro atoms. The van der Waals surface area contributed by atoms with E-state index in [-0.39, 0.29) is 0 Å². The van der Waals surface area contributed by atoms with Gasteiger partial charge in [0, 0.05) is 18.8 Å². The van der Waals surface area contributed by atoms with Gasteiger partial charge in [0.1, 0.15) is 11.9 Å². The van der Waals surface area contributed by atoms with Gasteiger partial charge in [0.15, 0.2) is 0 Å². The van der Waals surface area contributed by atoms with E-state index in [1.54, 1.807) is 6.92 Å². The Morgan fingerprint density at radius 2 is 2.20 bits per heavy atom. The van der Waals surface area contributed by atoms with E-state index >= 15 is 0 Å². The van der Waals surface area contributed by atoms with E-state index in [0.717, 1.165) is 30.5 Å². The number of nitrogen functional groups attached to an aromatic ring is 1. The monoisotopic (exact) mass is 277 g/mol. The van der Waals surface area contributed by atoms with Crippen molar-refractivity contribution in [2.45, 2.75) is 39.3 Å². The molecule has 0 bridgehead atoms. The molecule has 110 valence electrons. The van der Waals surface area contributed by atoms with Crippen LogP contribution in [-0.2, 0) is 11.3 Å². The fourth-order valence-corrected chi connectivity index (χ4v) is 2.22. The van der Waals surface area contributed by atoms with Gasteiger partial charge in [0.25, 0.3) is 0 Å². The fraction of sp³-hybridized carbons (Fsp3) is 0.533. The number of hydrogen-bond donors (Lipinski definition) is 2. The molecule has 0 radical (unpaired) electrons. The molecule has 0 saturated carbocycles. The maximum Gasteiger partial charge on any atom is 0.138 e. The van der Waals surface area contributed by atoms with Gasteiger partial charge in [-0.3, -0.25) is 0 Å². The zero-order chi connectivity index (χ0) is 14.5. The second-order valence-corrected chi connectivity index (χ2v) is 5.01. The van der Waals surface area contributed by atoms with E-state index in [2.05, 4.69) is 11.9 Å². The summed E-state index contributed by atoms with van der Waals surface area (Å²) in [6, 6.07) is 5.62. The van der Waals surface area contributed by atoms with Crippen LogP contribution in [0.1, 0.15) is 38.6 Å². The minimum Gasteiger partial charge on any atom is -0.399 e. The Labute approximate surface area is 119 Å². The number of rotatable bonds is 7. The molecule has 1 heterocycles. The third kappa shape index (κ3) is 3.29. The van der Waals surface area contributed by atoms with Crippen LogP contribution < -0.4 is 5.73 Å². The van der Waals surface area contributed by atoms with E-state index in [1.807, 2.05) is 22.8 Å². The summed E-state index contributed by atoms with van der Waals surface area (Å²) in [6.45, 7) is 5.95. The number of aliphatic hydroxyl groups excluding tert-OH is 1. The first-order valence-electron chi connectivity index (χ1n) is 7.15. The van der Waals surface area contributed by atoms with Crippen LogP contribution in [0.4, 0.5) is 5.69 Å². The lowest BCUT2D eigenvalue weighted by Gasteiger charge is -2.11. The Kier molecular flexibility index (Phi) is 4.98. The van der Waals surface area contributed by atoms with Gasteiger partial charge < -0.3 is 20.1 Å². The second kappa shape index (κ2) is 6.72. The molecule has 0 aliphatic heterocycles. The second-order valence-electron chi connectivity index (χ2n) is 5.01. The molecule has 1 aromatic heterocycles. The average molecular weight is 277 g/mol. The van der Waals surface area contributed by atoms with Crippen LogP contribution in [-0.4, -0.2) is 27.9 Å². The number of imidazole rings is 1. The highest BCUT2D eigenvalue weighted by molar-refractivity contribution is 5.79. The third-order valence-electron chi connectivity index (χ3n) is 3.28. The van der Waals surface area contributed by atoms with Crippen molar-refractivity contribution in [3.05, 3.63) is 24.0 Å². The number of unbranched alkanes of at least 4 members (excludes halogenated alkanes) is 1. The van der Waals surface area contributed by atoms with Crippen molar-refractivity contribution >= 4 is 16.7 Å². The third-order valence-corrected chi connectivity index (χ3v) is 3.28. The Morgan fingerprint density at radius 1 is 1.40 bits per heavy atom. The molecule has 5 nitrogen and oxygen atoms in total. The molecule has 1 aromatic carbocycles. The number of aromatic nitrogens is 2. The smallest absolute Gasteiger partial charge is 0.138 e. The number of nitrogens with two attached hydrogens (primary N) is 1.